The highest BCUT2D eigenvalue weighted by atomic mass is 35.5. The second-order valence-corrected chi connectivity index (χ2v) is 10.5. The highest BCUT2D eigenvalue weighted by Crippen LogP contribution is 2.39. The van der Waals surface area contributed by atoms with Crippen LogP contribution in [0.15, 0.2) is 23.1 Å². The molecule has 2 aromatic rings. The van der Waals surface area contributed by atoms with Gasteiger partial charge in [-0.3, -0.25) is 4.79 Å². The number of ether oxygens (including phenoxy) is 1. The Bertz CT molecular complexity index is 1080. The number of nitrogens with zero attached hydrogens (tertiary/aromatic N) is 1. The summed E-state index contributed by atoms with van der Waals surface area (Å²) in [5.41, 5.74) is 1.30. The number of carbonyl (C=O) groups excluding carboxylic acids is 2. The number of hydrogen-bond donors (Lipinski definition) is 1. The molecule has 1 amide bonds. The molecule has 10 heteroatoms. The van der Waals surface area contributed by atoms with Crippen LogP contribution in [0.4, 0.5) is 5.00 Å². The van der Waals surface area contributed by atoms with Crippen molar-refractivity contribution in [3.05, 3.63) is 44.8 Å². The molecule has 1 heterocycles. The van der Waals surface area contributed by atoms with Crippen LogP contribution in [0.5, 0.6) is 0 Å². The molecule has 0 radical (unpaired) electrons. The van der Waals surface area contributed by atoms with Gasteiger partial charge in [-0.1, -0.05) is 11.6 Å². The van der Waals surface area contributed by atoms with E-state index in [-0.39, 0.29) is 15.5 Å². The molecule has 29 heavy (non-hydrogen) atoms. The van der Waals surface area contributed by atoms with Gasteiger partial charge in [-0.05, 0) is 49.4 Å². The number of methoxy groups -OCH3 is 1. The minimum absolute atomic E-state index is 0.0109. The number of carbonyl (C=O) groups is 2. The maximum Gasteiger partial charge on any atom is 0.341 e. The van der Waals surface area contributed by atoms with Crippen molar-refractivity contribution < 1.29 is 22.7 Å². The number of benzene rings is 1. The number of sulfonamides is 1. The van der Waals surface area contributed by atoms with Gasteiger partial charge in [0.25, 0.3) is 5.91 Å². The molecule has 0 unspecified atom stereocenters. The van der Waals surface area contributed by atoms with Crippen molar-refractivity contribution in [2.45, 2.75) is 30.6 Å². The van der Waals surface area contributed by atoms with E-state index in [1.54, 1.807) is 0 Å². The summed E-state index contributed by atoms with van der Waals surface area (Å²) >= 11 is 7.51. The number of halogens is 1. The number of anilines is 1. The Morgan fingerprint density at radius 3 is 2.55 bits per heavy atom. The van der Waals surface area contributed by atoms with Crippen LogP contribution in [0.3, 0.4) is 0 Å². The monoisotopic (exact) mass is 456 g/mol. The number of rotatable bonds is 5. The van der Waals surface area contributed by atoms with Crippen molar-refractivity contribution in [3.8, 4) is 0 Å². The topological polar surface area (TPSA) is 92.8 Å². The van der Waals surface area contributed by atoms with Crippen LogP contribution in [-0.4, -0.2) is 45.8 Å². The van der Waals surface area contributed by atoms with E-state index in [4.69, 9.17) is 16.3 Å². The molecule has 0 spiro atoms. The van der Waals surface area contributed by atoms with Crippen LogP contribution in [0.2, 0.25) is 5.02 Å². The number of hydrogen-bond acceptors (Lipinski definition) is 6. The number of nitrogens with one attached hydrogen (secondary N) is 1. The van der Waals surface area contributed by atoms with Crippen molar-refractivity contribution in [3.63, 3.8) is 0 Å². The average Bonchev–Trinajstić information content (AvgIpc) is 3.05. The van der Waals surface area contributed by atoms with Gasteiger partial charge in [0.15, 0.2) is 0 Å². The molecule has 1 aromatic heterocycles. The van der Waals surface area contributed by atoms with E-state index in [0.717, 1.165) is 40.4 Å². The molecule has 0 saturated carbocycles. The molecule has 7 nitrogen and oxygen atoms in total. The Morgan fingerprint density at radius 1 is 1.21 bits per heavy atom. The Labute approximate surface area is 178 Å². The molecule has 1 N–H and O–H groups in total. The van der Waals surface area contributed by atoms with Gasteiger partial charge in [-0.2, -0.15) is 0 Å². The third-order valence-corrected chi connectivity index (χ3v) is 8.10. The van der Waals surface area contributed by atoms with Crippen molar-refractivity contribution in [1.82, 2.24) is 4.31 Å². The zero-order valence-electron chi connectivity index (χ0n) is 16.2. The van der Waals surface area contributed by atoms with Gasteiger partial charge in [0.1, 0.15) is 5.00 Å². The first-order valence-corrected chi connectivity index (χ1v) is 11.6. The summed E-state index contributed by atoms with van der Waals surface area (Å²) in [4.78, 5) is 26.3. The van der Waals surface area contributed by atoms with Gasteiger partial charge in [0.2, 0.25) is 10.0 Å². The summed E-state index contributed by atoms with van der Waals surface area (Å²) in [6.07, 6.45) is 3.59. The van der Waals surface area contributed by atoms with Crippen molar-refractivity contribution in [2.24, 2.45) is 0 Å². The summed E-state index contributed by atoms with van der Waals surface area (Å²) in [7, 11) is 0.382. The van der Waals surface area contributed by atoms with Crippen LogP contribution in [0.25, 0.3) is 0 Å². The lowest BCUT2D eigenvalue weighted by atomic mass is 9.95. The molecule has 0 saturated heterocycles. The predicted octanol–water partition coefficient (Wildman–Crippen LogP) is 3.57. The first-order valence-electron chi connectivity index (χ1n) is 8.93. The Balaban J connectivity index is 2.00. The van der Waals surface area contributed by atoms with E-state index in [9.17, 15) is 18.0 Å². The third kappa shape index (κ3) is 4.18. The SMILES string of the molecule is COC(=O)c1c(NC(=O)c2cc(S(=O)(=O)N(C)C)ccc2Cl)sc2c1CCCC2. The molecule has 3 rings (SSSR count). The second kappa shape index (κ2) is 8.43. The van der Waals surface area contributed by atoms with Crippen molar-refractivity contribution in [1.29, 1.82) is 0 Å². The van der Waals surface area contributed by atoms with Gasteiger partial charge in [0.05, 0.1) is 28.2 Å². The Kier molecular flexibility index (Phi) is 6.33. The maximum atomic E-state index is 12.9. The fourth-order valence-electron chi connectivity index (χ4n) is 3.19. The molecule has 0 bridgehead atoms. The summed E-state index contributed by atoms with van der Waals surface area (Å²) < 4.78 is 30.7. The minimum Gasteiger partial charge on any atom is -0.465 e. The minimum atomic E-state index is -3.73. The fraction of sp³-hybridized carbons (Fsp3) is 0.368. The number of thiophene rings is 1. The molecule has 156 valence electrons. The van der Waals surface area contributed by atoms with E-state index in [1.807, 2.05) is 0 Å². The fourth-order valence-corrected chi connectivity index (χ4v) is 5.60. The summed E-state index contributed by atoms with van der Waals surface area (Å²) in [6.45, 7) is 0. The van der Waals surface area contributed by atoms with Crippen LogP contribution >= 0.6 is 22.9 Å². The normalized spacial score (nSPS) is 13.8. The van der Waals surface area contributed by atoms with Crippen molar-refractivity contribution >= 4 is 49.8 Å². The zero-order chi connectivity index (χ0) is 21.3. The summed E-state index contributed by atoms with van der Waals surface area (Å²) in [5.74, 6) is -1.09. The van der Waals surface area contributed by atoms with Gasteiger partial charge < -0.3 is 10.1 Å². The number of aryl methyl sites for hydroxylation is 1. The summed E-state index contributed by atoms with van der Waals surface area (Å²) in [5, 5.41) is 3.24. The number of amides is 1. The zero-order valence-corrected chi connectivity index (χ0v) is 18.6. The maximum absolute atomic E-state index is 12.9. The molecule has 0 fully saturated rings. The first kappa shape index (κ1) is 21.8. The molecular formula is C19H21ClN2O5S2. The van der Waals surface area contributed by atoms with E-state index in [0.29, 0.717) is 10.6 Å². The average molecular weight is 457 g/mol. The predicted molar refractivity (Wildman–Crippen MR) is 113 cm³/mol. The van der Waals surface area contributed by atoms with Gasteiger partial charge in [-0.15, -0.1) is 11.3 Å². The van der Waals surface area contributed by atoms with Gasteiger partial charge >= 0.3 is 5.97 Å². The van der Waals surface area contributed by atoms with Gasteiger partial charge in [0, 0.05) is 19.0 Å². The number of esters is 1. The van der Waals surface area contributed by atoms with E-state index >= 15 is 0 Å². The lowest BCUT2D eigenvalue weighted by Gasteiger charge is -2.13. The van der Waals surface area contributed by atoms with Crippen molar-refractivity contribution in [2.75, 3.05) is 26.5 Å². The Hall–Kier alpha value is -1.94. The van der Waals surface area contributed by atoms with Crippen LogP contribution in [0.1, 0.15) is 44.0 Å². The lowest BCUT2D eigenvalue weighted by Crippen LogP contribution is -2.23. The third-order valence-electron chi connectivity index (χ3n) is 4.75. The lowest BCUT2D eigenvalue weighted by molar-refractivity contribution is 0.0601. The molecular weight excluding hydrogens is 436 g/mol. The van der Waals surface area contributed by atoms with Crippen LogP contribution in [-0.2, 0) is 27.6 Å². The highest BCUT2D eigenvalue weighted by Gasteiger charge is 2.28. The molecule has 1 aliphatic carbocycles. The largest absolute Gasteiger partial charge is 0.465 e. The summed E-state index contributed by atoms with van der Waals surface area (Å²) in [6, 6.07) is 3.95. The van der Waals surface area contributed by atoms with E-state index < -0.39 is 21.9 Å². The Morgan fingerprint density at radius 2 is 1.90 bits per heavy atom. The highest BCUT2D eigenvalue weighted by molar-refractivity contribution is 7.89. The standard InChI is InChI=1S/C19H21ClN2O5S2/c1-22(2)29(25,26)11-8-9-14(20)13(10-11)17(23)21-18-16(19(24)27-3)12-6-4-5-7-15(12)28-18/h8-10H,4-7H2,1-3H3,(H,21,23). The second-order valence-electron chi connectivity index (χ2n) is 6.79. The molecule has 0 aliphatic heterocycles. The smallest absolute Gasteiger partial charge is 0.341 e. The van der Waals surface area contributed by atoms with E-state index in [1.165, 1.54) is 50.7 Å². The van der Waals surface area contributed by atoms with Crippen LogP contribution < -0.4 is 5.32 Å². The first-order chi connectivity index (χ1) is 13.7. The molecule has 1 aromatic carbocycles. The molecule has 0 atom stereocenters. The van der Waals surface area contributed by atoms with E-state index in [2.05, 4.69) is 5.32 Å². The van der Waals surface area contributed by atoms with Crippen LogP contribution in [0, 0.1) is 0 Å². The number of fused-ring (bicyclic) bond motifs is 1. The molecule has 1 aliphatic rings. The quantitative estimate of drug-likeness (QED) is 0.694. The van der Waals surface area contributed by atoms with Gasteiger partial charge in [-0.25, -0.2) is 17.5 Å².